The second-order valence-electron chi connectivity index (χ2n) is 10.4. The van der Waals surface area contributed by atoms with Crippen molar-refractivity contribution in [2.45, 2.75) is 81.2 Å². The van der Waals surface area contributed by atoms with Crippen molar-refractivity contribution in [1.29, 1.82) is 0 Å². The summed E-state index contributed by atoms with van der Waals surface area (Å²) in [5.74, 6) is -2.04. The number of hydrogen-bond acceptors (Lipinski definition) is 16. The van der Waals surface area contributed by atoms with Gasteiger partial charge in [-0.05, 0) is 31.0 Å². The summed E-state index contributed by atoms with van der Waals surface area (Å²) in [4.78, 5) is 12.9. The van der Waals surface area contributed by atoms with Gasteiger partial charge in [-0.15, -0.1) is 0 Å². The van der Waals surface area contributed by atoms with Crippen LogP contribution >= 0.6 is 0 Å². The van der Waals surface area contributed by atoms with Gasteiger partial charge in [-0.2, -0.15) is 0 Å². The lowest BCUT2D eigenvalue weighted by molar-refractivity contribution is -0.356. The number of carbonyl (C=O) groups excluding carboxylic acids is 1. The number of ether oxygens (including phenoxy) is 5. The Morgan fingerprint density at radius 2 is 1.50 bits per heavy atom. The standard InChI is InChI=1S/C28H36O15.H3N/c1-11-21(34)23(36)26(28(40-11)43-25-24(37)22(35)19(10-29)42-27(25)38)41-13-8-16(32)20(17(33)9-13)14(30)5-3-12-4-6-18(39-2)15(31)7-12;/h4,6-9,11,19,21-29,31-38H,3,5,10H2,1-2H3;1H3/t11-,19+,21-,22+,23+,24-,25+,26+,27+,28-;/m0./s1. The van der Waals surface area contributed by atoms with Crippen LogP contribution in [-0.2, 0) is 20.6 Å². The molecule has 0 radical (unpaired) electrons. The van der Waals surface area contributed by atoms with E-state index >= 15 is 0 Å². The molecule has 16 nitrogen and oxygen atoms in total. The van der Waals surface area contributed by atoms with Gasteiger partial charge in [-0.1, -0.05) is 6.07 Å². The maximum atomic E-state index is 12.9. The van der Waals surface area contributed by atoms with Gasteiger partial charge in [0.2, 0.25) is 0 Å². The number of ketones is 1. The van der Waals surface area contributed by atoms with Crippen molar-refractivity contribution in [3.05, 3.63) is 41.5 Å². The van der Waals surface area contributed by atoms with Gasteiger partial charge < -0.3 is 75.8 Å². The monoisotopic (exact) mass is 629 g/mol. The van der Waals surface area contributed by atoms with Crippen molar-refractivity contribution in [2.75, 3.05) is 13.7 Å². The molecule has 12 N–H and O–H groups in total. The lowest BCUT2D eigenvalue weighted by atomic mass is 9.97. The van der Waals surface area contributed by atoms with Crippen LogP contribution in [0.3, 0.4) is 0 Å². The lowest BCUT2D eigenvalue weighted by Gasteiger charge is -2.45. The van der Waals surface area contributed by atoms with Crippen molar-refractivity contribution < 1.29 is 74.4 Å². The molecule has 2 aromatic rings. The minimum absolute atomic E-state index is 0. The van der Waals surface area contributed by atoms with Crippen LogP contribution < -0.4 is 15.6 Å². The summed E-state index contributed by atoms with van der Waals surface area (Å²) in [5, 5.41) is 92.5. The minimum Gasteiger partial charge on any atom is -0.507 e. The minimum atomic E-state index is -1.83. The van der Waals surface area contributed by atoms with E-state index in [2.05, 4.69) is 0 Å². The second kappa shape index (κ2) is 14.7. The third-order valence-electron chi connectivity index (χ3n) is 7.42. The Kier molecular flexibility index (Phi) is 11.7. The molecule has 0 aliphatic carbocycles. The summed E-state index contributed by atoms with van der Waals surface area (Å²) >= 11 is 0. The zero-order chi connectivity index (χ0) is 31.6. The number of aliphatic hydroxyl groups is 6. The Morgan fingerprint density at radius 3 is 2.09 bits per heavy atom. The normalized spacial score (nSPS) is 32.0. The van der Waals surface area contributed by atoms with Crippen LogP contribution in [0.1, 0.15) is 29.3 Å². The summed E-state index contributed by atoms with van der Waals surface area (Å²) in [7, 11) is 1.40. The fourth-order valence-corrected chi connectivity index (χ4v) is 4.98. The number of methoxy groups -OCH3 is 1. The van der Waals surface area contributed by atoms with Crippen LogP contribution in [0.15, 0.2) is 30.3 Å². The Hall–Kier alpha value is -3.29. The van der Waals surface area contributed by atoms with Crippen LogP contribution in [-0.4, -0.2) is 127 Å². The van der Waals surface area contributed by atoms with E-state index in [1.54, 1.807) is 6.07 Å². The molecule has 0 amide bonds. The highest BCUT2D eigenvalue weighted by molar-refractivity contribution is 6.01. The molecule has 2 saturated heterocycles. The Labute approximate surface area is 251 Å². The zero-order valence-corrected chi connectivity index (χ0v) is 24.0. The number of aliphatic hydroxyl groups excluding tert-OH is 6. The fraction of sp³-hybridized carbons (Fsp3) is 0.536. The second-order valence-corrected chi connectivity index (χ2v) is 10.4. The lowest BCUT2D eigenvalue weighted by Crippen LogP contribution is -2.64. The third kappa shape index (κ3) is 7.32. The third-order valence-corrected chi connectivity index (χ3v) is 7.42. The number of phenolic OH excluding ortho intramolecular Hbond substituents is 3. The molecule has 2 fully saturated rings. The zero-order valence-electron chi connectivity index (χ0n) is 24.0. The van der Waals surface area contributed by atoms with E-state index in [1.165, 1.54) is 26.2 Å². The van der Waals surface area contributed by atoms with E-state index in [-0.39, 0.29) is 36.2 Å². The first-order chi connectivity index (χ1) is 20.4. The van der Waals surface area contributed by atoms with Gasteiger partial charge >= 0.3 is 0 Å². The number of benzene rings is 2. The molecular formula is C28H39NO15. The van der Waals surface area contributed by atoms with Crippen molar-refractivity contribution in [3.8, 4) is 28.7 Å². The maximum Gasteiger partial charge on any atom is 0.198 e. The van der Waals surface area contributed by atoms with Gasteiger partial charge in [0, 0.05) is 18.6 Å². The molecule has 2 heterocycles. The maximum absolute atomic E-state index is 12.9. The topological polar surface area (TPSA) is 280 Å². The number of hydrogen-bond donors (Lipinski definition) is 10. The number of Topliss-reactive ketones (excluding diaryl/α,β-unsaturated/α-hetero) is 1. The highest BCUT2D eigenvalue weighted by Gasteiger charge is 2.51. The van der Waals surface area contributed by atoms with Gasteiger partial charge in [-0.25, -0.2) is 0 Å². The van der Waals surface area contributed by atoms with Gasteiger partial charge in [0.05, 0.1) is 19.8 Å². The molecular weight excluding hydrogens is 590 g/mol. The average Bonchev–Trinajstić information content (AvgIpc) is 2.96. The highest BCUT2D eigenvalue weighted by Crippen LogP contribution is 2.37. The molecule has 0 spiro atoms. The number of phenols is 3. The predicted octanol–water partition coefficient (Wildman–Crippen LogP) is -1.18. The highest BCUT2D eigenvalue weighted by atomic mass is 16.7. The smallest absolute Gasteiger partial charge is 0.198 e. The summed E-state index contributed by atoms with van der Waals surface area (Å²) in [6.45, 7) is 0.707. The molecule has 0 bridgehead atoms. The van der Waals surface area contributed by atoms with Crippen molar-refractivity contribution in [2.24, 2.45) is 0 Å². The molecule has 246 valence electrons. The van der Waals surface area contributed by atoms with Crippen molar-refractivity contribution in [3.63, 3.8) is 0 Å². The van der Waals surface area contributed by atoms with E-state index in [9.17, 15) is 50.8 Å². The van der Waals surface area contributed by atoms with Crippen LogP contribution in [0.25, 0.3) is 0 Å². The molecule has 10 atom stereocenters. The first-order valence-electron chi connectivity index (χ1n) is 13.5. The first-order valence-corrected chi connectivity index (χ1v) is 13.5. The van der Waals surface area contributed by atoms with E-state index in [1.807, 2.05) is 0 Å². The number of aromatic hydroxyl groups is 3. The van der Waals surface area contributed by atoms with Crippen molar-refractivity contribution in [1.82, 2.24) is 6.15 Å². The summed E-state index contributed by atoms with van der Waals surface area (Å²) < 4.78 is 27.0. The number of aryl methyl sites for hydroxylation is 1. The van der Waals surface area contributed by atoms with Crippen LogP contribution in [0.4, 0.5) is 0 Å². The first kappa shape index (κ1) is 35.2. The largest absolute Gasteiger partial charge is 0.507 e. The molecule has 16 heteroatoms. The molecule has 4 rings (SSSR count). The summed E-state index contributed by atoms with van der Waals surface area (Å²) in [6.07, 6.45) is -15.5. The Balaban J connectivity index is 0.00000529. The van der Waals surface area contributed by atoms with E-state index in [4.69, 9.17) is 23.7 Å². The van der Waals surface area contributed by atoms with Crippen LogP contribution in [0, 0.1) is 0 Å². The summed E-state index contributed by atoms with van der Waals surface area (Å²) in [6, 6.07) is 6.59. The van der Waals surface area contributed by atoms with E-state index < -0.39 is 90.9 Å². The van der Waals surface area contributed by atoms with Gasteiger partial charge in [-0.3, -0.25) is 4.79 Å². The van der Waals surface area contributed by atoms with Gasteiger partial charge in [0.1, 0.15) is 59.4 Å². The predicted molar refractivity (Wildman–Crippen MR) is 148 cm³/mol. The van der Waals surface area contributed by atoms with Crippen molar-refractivity contribution >= 4 is 5.78 Å². The van der Waals surface area contributed by atoms with E-state index in [0.717, 1.165) is 12.1 Å². The molecule has 2 aliphatic heterocycles. The molecule has 2 aliphatic rings. The Bertz CT molecular complexity index is 1250. The SMILES string of the molecule is COc1ccc(CCC(=O)c2c(O)cc(O[C@H]3[C@H](O[C@@H]4[C@@H](O)[C@H](O)[C@@H](CO)O[C@H]4O)O[C@@H](C)[C@H](O)[C@H]3O)cc2O)cc1O.N. The summed E-state index contributed by atoms with van der Waals surface area (Å²) in [5.41, 5.74) is 0.207. The van der Waals surface area contributed by atoms with Crippen LogP contribution in [0.5, 0.6) is 28.7 Å². The molecule has 2 aromatic carbocycles. The average molecular weight is 630 g/mol. The molecule has 0 unspecified atom stereocenters. The van der Waals surface area contributed by atoms with Gasteiger partial charge in [0.25, 0.3) is 0 Å². The molecule has 0 saturated carbocycles. The van der Waals surface area contributed by atoms with E-state index in [0.29, 0.717) is 5.56 Å². The fourth-order valence-electron chi connectivity index (χ4n) is 4.98. The van der Waals surface area contributed by atoms with Crippen LogP contribution in [0.2, 0.25) is 0 Å². The molecule has 44 heavy (non-hydrogen) atoms. The quantitative estimate of drug-likeness (QED) is 0.138. The Morgan fingerprint density at radius 1 is 0.864 bits per heavy atom. The number of rotatable bonds is 10. The van der Waals surface area contributed by atoms with Gasteiger partial charge in [0.15, 0.2) is 36.0 Å². The molecule has 0 aromatic heterocycles. The number of carbonyl (C=O) groups is 1.